The summed E-state index contributed by atoms with van der Waals surface area (Å²) in [5.74, 6) is 0. The first kappa shape index (κ1) is 13.4. The van der Waals surface area contributed by atoms with Crippen molar-refractivity contribution in [2.24, 2.45) is 5.73 Å². The van der Waals surface area contributed by atoms with Crippen LogP contribution in [-0.2, 0) is 4.74 Å². The van der Waals surface area contributed by atoms with E-state index in [0.717, 1.165) is 12.8 Å². The van der Waals surface area contributed by atoms with Crippen LogP contribution >= 0.6 is 0 Å². The van der Waals surface area contributed by atoms with Crippen LogP contribution in [0, 0.1) is 0 Å². The molecule has 2 aliphatic rings. The normalized spacial score (nSPS) is 33.7. The summed E-state index contributed by atoms with van der Waals surface area (Å²) in [4.78, 5) is 0. The molecule has 0 aromatic rings. The van der Waals surface area contributed by atoms with Crippen LogP contribution in [-0.4, -0.2) is 18.2 Å². The van der Waals surface area contributed by atoms with Gasteiger partial charge in [0.1, 0.15) is 0 Å². The standard InChI is InChI=1S/C15H29NO/c16-13-11-15(12-13)17-14-9-7-5-3-1-2-4-6-8-10-14/h13-15H,1-12,16H2. The minimum atomic E-state index is 0.419. The zero-order chi connectivity index (χ0) is 11.9. The number of rotatable bonds is 2. The Bertz CT molecular complexity index is 189. The molecule has 0 bridgehead atoms. The molecule has 0 spiro atoms. The van der Waals surface area contributed by atoms with Crippen LogP contribution in [0.25, 0.3) is 0 Å². The molecule has 2 heteroatoms. The first-order valence-electron chi connectivity index (χ1n) is 7.75. The van der Waals surface area contributed by atoms with Gasteiger partial charge in [-0.1, -0.05) is 51.4 Å². The van der Waals surface area contributed by atoms with Gasteiger partial charge in [0.15, 0.2) is 0 Å². The number of ether oxygens (including phenoxy) is 1. The largest absolute Gasteiger partial charge is 0.375 e. The third-order valence-electron chi connectivity index (χ3n) is 4.32. The topological polar surface area (TPSA) is 35.2 Å². The highest BCUT2D eigenvalue weighted by Crippen LogP contribution is 2.26. The van der Waals surface area contributed by atoms with Gasteiger partial charge in [-0.15, -0.1) is 0 Å². The van der Waals surface area contributed by atoms with Gasteiger partial charge in [0.2, 0.25) is 0 Å². The van der Waals surface area contributed by atoms with Gasteiger partial charge in [-0.05, 0) is 25.7 Å². The fourth-order valence-corrected chi connectivity index (χ4v) is 3.07. The molecule has 0 unspecified atom stereocenters. The van der Waals surface area contributed by atoms with Crippen LogP contribution in [0.4, 0.5) is 0 Å². The Morgan fingerprint density at radius 2 is 1.12 bits per heavy atom. The average molecular weight is 239 g/mol. The van der Waals surface area contributed by atoms with Crippen LogP contribution in [0.1, 0.15) is 77.0 Å². The summed E-state index contributed by atoms with van der Waals surface area (Å²) < 4.78 is 6.19. The Balaban J connectivity index is 1.68. The van der Waals surface area contributed by atoms with Gasteiger partial charge < -0.3 is 10.5 Å². The van der Waals surface area contributed by atoms with Gasteiger partial charge in [0.25, 0.3) is 0 Å². The Labute approximate surface area is 106 Å². The van der Waals surface area contributed by atoms with E-state index in [2.05, 4.69) is 0 Å². The first-order chi connectivity index (χ1) is 8.34. The van der Waals surface area contributed by atoms with E-state index >= 15 is 0 Å². The minimum Gasteiger partial charge on any atom is -0.375 e. The molecule has 0 amide bonds. The van der Waals surface area contributed by atoms with Gasteiger partial charge in [-0.2, -0.15) is 0 Å². The maximum atomic E-state index is 6.19. The van der Waals surface area contributed by atoms with Crippen LogP contribution in [0.2, 0.25) is 0 Å². The molecule has 0 aromatic heterocycles. The molecule has 100 valence electrons. The Hall–Kier alpha value is -0.0800. The molecule has 0 aromatic carbocycles. The van der Waals surface area contributed by atoms with Crippen molar-refractivity contribution in [3.8, 4) is 0 Å². The van der Waals surface area contributed by atoms with E-state index in [1.165, 1.54) is 64.2 Å². The summed E-state index contributed by atoms with van der Waals surface area (Å²) >= 11 is 0. The fourth-order valence-electron chi connectivity index (χ4n) is 3.07. The fraction of sp³-hybridized carbons (Fsp3) is 1.00. The molecule has 0 atom stereocenters. The Morgan fingerprint density at radius 1 is 0.647 bits per heavy atom. The van der Waals surface area contributed by atoms with Crippen LogP contribution in [0.5, 0.6) is 0 Å². The van der Waals surface area contributed by atoms with Gasteiger partial charge in [0.05, 0.1) is 12.2 Å². The van der Waals surface area contributed by atoms with Crippen molar-refractivity contribution in [1.29, 1.82) is 0 Å². The molecule has 0 radical (unpaired) electrons. The Morgan fingerprint density at radius 3 is 1.59 bits per heavy atom. The van der Waals surface area contributed by atoms with Crippen LogP contribution < -0.4 is 5.73 Å². The highest BCUT2D eigenvalue weighted by Gasteiger charge is 2.28. The molecule has 2 aliphatic carbocycles. The molecular formula is C15H29NO. The third kappa shape index (κ3) is 4.97. The first-order valence-corrected chi connectivity index (χ1v) is 7.75. The molecule has 2 saturated carbocycles. The predicted molar refractivity (Wildman–Crippen MR) is 72.0 cm³/mol. The minimum absolute atomic E-state index is 0.419. The van der Waals surface area contributed by atoms with Gasteiger partial charge >= 0.3 is 0 Å². The maximum Gasteiger partial charge on any atom is 0.0608 e. The quantitative estimate of drug-likeness (QED) is 0.796. The summed E-state index contributed by atoms with van der Waals surface area (Å²) in [6, 6.07) is 0.419. The molecule has 17 heavy (non-hydrogen) atoms. The molecule has 0 heterocycles. The van der Waals surface area contributed by atoms with E-state index in [0.29, 0.717) is 18.2 Å². The predicted octanol–water partition coefficient (Wildman–Crippen LogP) is 3.78. The molecule has 2 N–H and O–H groups in total. The third-order valence-corrected chi connectivity index (χ3v) is 4.32. The van der Waals surface area contributed by atoms with Crippen molar-refractivity contribution in [3.05, 3.63) is 0 Å². The van der Waals surface area contributed by atoms with Gasteiger partial charge in [-0.25, -0.2) is 0 Å². The van der Waals surface area contributed by atoms with Crippen molar-refractivity contribution < 1.29 is 4.74 Å². The van der Waals surface area contributed by atoms with Crippen molar-refractivity contribution in [3.63, 3.8) is 0 Å². The molecule has 0 aliphatic heterocycles. The second-order valence-electron chi connectivity index (χ2n) is 6.02. The zero-order valence-electron chi connectivity index (χ0n) is 11.2. The second kappa shape index (κ2) is 7.38. The molecule has 2 nitrogen and oxygen atoms in total. The molecule has 0 saturated heterocycles. The van der Waals surface area contributed by atoms with E-state index < -0.39 is 0 Å². The average Bonchev–Trinajstić information content (AvgIpc) is 2.33. The number of hydrogen-bond donors (Lipinski definition) is 1. The van der Waals surface area contributed by atoms with E-state index in [1.54, 1.807) is 0 Å². The van der Waals surface area contributed by atoms with E-state index in [1.807, 2.05) is 0 Å². The summed E-state index contributed by atoms with van der Waals surface area (Å²) in [7, 11) is 0. The molecule has 2 fully saturated rings. The lowest BCUT2D eigenvalue weighted by molar-refractivity contribution is -0.0661. The number of nitrogens with two attached hydrogens (primary N) is 1. The van der Waals surface area contributed by atoms with Crippen molar-refractivity contribution in [2.45, 2.75) is 95.3 Å². The van der Waals surface area contributed by atoms with Crippen molar-refractivity contribution in [2.75, 3.05) is 0 Å². The van der Waals surface area contributed by atoms with E-state index in [9.17, 15) is 0 Å². The van der Waals surface area contributed by atoms with E-state index in [4.69, 9.17) is 10.5 Å². The molecular weight excluding hydrogens is 210 g/mol. The van der Waals surface area contributed by atoms with Gasteiger partial charge in [-0.3, -0.25) is 0 Å². The highest BCUT2D eigenvalue weighted by atomic mass is 16.5. The Kier molecular flexibility index (Phi) is 5.79. The lowest BCUT2D eigenvalue weighted by Crippen LogP contribution is -2.43. The maximum absolute atomic E-state index is 6.19. The van der Waals surface area contributed by atoms with Crippen molar-refractivity contribution in [1.82, 2.24) is 0 Å². The van der Waals surface area contributed by atoms with Crippen LogP contribution in [0.15, 0.2) is 0 Å². The monoisotopic (exact) mass is 239 g/mol. The summed E-state index contributed by atoms with van der Waals surface area (Å²) in [6.45, 7) is 0. The highest BCUT2D eigenvalue weighted by molar-refractivity contribution is 4.84. The number of hydrogen-bond acceptors (Lipinski definition) is 2. The lowest BCUT2D eigenvalue weighted by Gasteiger charge is -2.35. The van der Waals surface area contributed by atoms with E-state index in [-0.39, 0.29) is 0 Å². The second-order valence-corrected chi connectivity index (χ2v) is 6.02. The zero-order valence-corrected chi connectivity index (χ0v) is 11.2. The SMILES string of the molecule is NC1CC(OC2CCCCCCCCCC2)C1. The van der Waals surface area contributed by atoms with Gasteiger partial charge in [0, 0.05) is 6.04 Å². The summed E-state index contributed by atoms with van der Waals surface area (Å²) in [6.07, 6.45) is 17.1. The summed E-state index contributed by atoms with van der Waals surface area (Å²) in [5.41, 5.74) is 5.82. The molecule has 2 rings (SSSR count). The lowest BCUT2D eigenvalue weighted by atomic mass is 9.90. The van der Waals surface area contributed by atoms with Crippen LogP contribution in [0.3, 0.4) is 0 Å². The smallest absolute Gasteiger partial charge is 0.0608 e. The summed E-state index contributed by atoms with van der Waals surface area (Å²) in [5, 5.41) is 0. The van der Waals surface area contributed by atoms with Crippen molar-refractivity contribution >= 4 is 0 Å².